The van der Waals surface area contributed by atoms with E-state index in [4.69, 9.17) is 4.74 Å². The maximum absolute atomic E-state index is 13.9. The Balaban J connectivity index is 2.36. The van der Waals surface area contributed by atoms with Gasteiger partial charge in [0.15, 0.2) is 23.2 Å². The summed E-state index contributed by atoms with van der Waals surface area (Å²) < 4.78 is 59.3. The SMILES string of the molecule is CCCCCCNC1(C(=O)O)CC(=O)c2c(F)c(F)c(F)c(F)c2O1. The number of nitrogens with one attached hydrogen (secondary N) is 1. The smallest absolute Gasteiger partial charge is 0.364 e. The fourth-order valence-corrected chi connectivity index (χ4v) is 2.62. The average Bonchev–Trinajstić information content (AvgIpc) is 2.57. The number of benzene rings is 1. The molecule has 1 unspecified atom stereocenters. The third-order valence-electron chi connectivity index (χ3n) is 3.98. The Bertz CT molecular complexity index is 710. The summed E-state index contributed by atoms with van der Waals surface area (Å²) >= 11 is 0. The molecule has 1 aliphatic heterocycles. The Hall–Kier alpha value is -2.16. The van der Waals surface area contributed by atoms with E-state index >= 15 is 0 Å². The molecule has 2 rings (SSSR count). The van der Waals surface area contributed by atoms with Gasteiger partial charge in [-0.25, -0.2) is 18.0 Å². The summed E-state index contributed by atoms with van der Waals surface area (Å²) in [7, 11) is 0. The summed E-state index contributed by atoms with van der Waals surface area (Å²) in [6.45, 7) is 2.11. The minimum atomic E-state index is -2.37. The van der Waals surface area contributed by atoms with Gasteiger partial charge in [-0.15, -0.1) is 0 Å². The lowest BCUT2D eigenvalue weighted by atomic mass is 9.95. The number of ether oxygens (including phenoxy) is 1. The van der Waals surface area contributed by atoms with Crippen LogP contribution in [-0.2, 0) is 4.79 Å². The van der Waals surface area contributed by atoms with Crippen molar-refractivity contribution in [3.8, 4) is 5.75 Å². The van der Waals surface area contributed by atoms with Crippen LogP contribution in [0.2, 0.25) is 0 Å². The van der Waals surface area contributed by atoms with Crippen LogP contribution >= 0.6 is 0 Å². The first-order chi connectivity index (χ1) is 11.7. The molecule has 2 N–H and O–H groups in total. The fourth-order valence-electron chi connectivity index (χ4n) is 2.62. The molecule has 5 nitrogen and oxygen atoms in total. The summed E-state index contributed by atoms with van der Waals surface area (Å²) in [6, 6.07) is 0. The quantitative estimate of drug-likeness (QED) is 0.337. The van der Waals surface area contributed by atoms with Crippen LogP contribution in [0.25, 0.3) is 0 Å². The molecule has 0 bridgehead atoms. The predicted molar refractivity (Wildman–Crippen MR) is 78.4 cm³/mol. The zero-order valence-corrected chi connectivity index (χ0v) is 13.4. The lowest BCUT2D eigenvalue weighted by molar-refractivity contribution is -0.159. The minimum absolute atomic E-state index is 0.128. The molecule has 1 aromatic carbocycles. The largest absolute Gasteiger partial charge is 0.477 e. The lowest BCUT2D eigenvalue weighted by Gasteiger charge is -2.35. The summed E-state index contributed by atoms with van der Waals surface area (Å²) in [5.41, 5.74) is -3.49. The van der Waals surface area contributed by atoms with E-state index in [2.05, 4.69) is 5.32 Å². The number of carbonyl (C=O) groups is 2. The van der Waals surface area contributed by atoms with Crippen LogP contribution in [0.1, 0.15) is 49.4 Å². The maximum atomic E-state index is 13.9. The Kier molecular flexibility index (Phi) is 5.66. The molecule has 1 heterocycles. The van der Waals surface area contributed by atoms with Gasteiger partial charge in [-0.3, -0.25) is 10.1 Å². The average molecular weight is 363 g/mol. The standard InChI is InChI=1S/C16H17F4NO4/c1-2-3-4-5-6-21-16(15(23)24)7-8(22)9-10(17)11(18)12(19)13(20)14(9)25-16/h21H,2-7H2,1H3,(H,23,24). The molecular weight excluding hydrogens is 346 g/mol. The van der Waals surface area contributed by atoms with Gasteiger partial charge in [-0.1, -0.05) is 26.2 Å². The van der Waals surface area contributed by atoms with Crippen molar-refractivity contribution >= 4 is 11.8 Å². The molecule has 138 valence electrons. The molecule has 0 spiro atoms. The third-order valence-corrected chi connectivity index (χ3v) is 3.98. The Morgan fingerprint density at radius 3 is 2.36 bits per heavy atom. The number of aliphatic carboxylic acids is 1. The van der Waals surface area contributed by atoms with Crippen molar-refractivity contribution in [2.75, 3.05) is 6.54 Å². The number of carbonyl (C=O) groups excluding carboxylic acids is 1. The van der Waals surface area contributed by atoms with Crippen molar-refractivity contribution in [1.82, 2.24) is 5.32 Å². The van der Waals surface area contributed by atoms with Crippen molar-refractivity contribution in [1.29, 1.82) is 0 Å². The molecule has 0 aliphatic carbocycles. The first-order valence-corrected chi connectivity index (χ1v) is 7.81. The van der Waals surface area contributed by atoms with Gasteiger partial charge in [-0.05, 0) is 13.0 Å². The third kappa shape index (κ3) is 3.46. The second-order valence-corrected chi connectivity index (χ2v) is 5.78. The normalized spacial score (nSPS) is 19.5. The van der Waals surface area contributed by atoms with Gasteiger partial charge in [0.2, 0.25) is 11.6 Å². The van der Waals surface area contributed by atoms with Crippen LogP contribution in [0.3, 0.4) is 0 Å². The van der Waals surface area contributed by atoms with Gasteiger partial charge >= 0.3 is 5.97 Å². The number of rotatable bonds is 7. The summed E-state index contributed by atoms with van der Waals surface area (Å²) in [5.74, 6) is -12.2. The number of ketones is 1. The number of hydrogen-bond donors (Lipinski definition) is 2. The first-order valence-electron chi connectivity index (χ1n) is 7.81. The van der Waals surface area contributed by atoms with Crippen molar-refractivity contribution in [2.24, 2.45) is 0 Å². The van der Waals surface area contributed by atoms with Crippen molar-refractivity contribution < 1.29 is 37.0 Å². The van der Waals surface area contributed by atoms with Crippen molar-refractivity contribution in [3.05, 3.63) is 28.8 Å². The second-order valence-electron chi connectivity index (χ2n) is 5.78. The molecule has 9 heteroatoms. The Morgan fingerprint density at radius 2 is 1.76 bits per heavy atom. The zero-order chi connectivity index (χ0) is 18.8. The Labute approximate surface area is 141 Å². The molecule has 1 aliphatic rings. The van der Waals surface area contributed by atoms with E-state index in [1.165, 1.54) is 0 Å². The number of halogens is 4. The van der Waals surface area contributed by atoms with E-state index < -0.39 is 58.5 Å². The summed E-state index contributed by atoms with van der Waals surface area (Å²) in [5, 5.41) is 11.9. The number of hydrogen-bond acceptors (Lipinski definition) is 4. The van der Waals surface area contributed by atoms with Gasteiger partial charge in [0, 0.05) is 0 Å². The highest BCUT2D eigenvalue weighted by Gasteiger charge is 2.50. The first kappa shape index (κ1) is 19.2. The molecule has 0 fully saturated rings. The van der Waals surface area contributed by atoms with Crippen molar-refractivity contribution in [2.45, 2.75) is 44.8 Å². The van der Waals surface area contributed by atoms with Gasteiger partial charge in [-0.2, -0.15) is 4.39 Å². The summed E-state index contributed by atoms with van der Waals surface area (Å²) in [4.78, 5) is 23.7. The molecule has 0 saturated carbocycles. The van der Waals surface area contributed by atoms with Crippen LogP contribution in [0, 0.1) is 23.3 Å². The molecule has 25 heavy (non-hydrogen) atoms. The highest BCUT2D eigenvalue weighted by molar-refractivity contribution is 6.03. The second kappa shape index (κ2) is 7.38. The van der Waals surface area contributed by atoms with Gasteiger partial charge in [0.25, 0.3) is 5.72 Å². The number of fused-ring (bicyclic) bond motifs is 1. The van der Waals surface area contributed by atoms with Gasteiger partial charge in [0.1, 0.15) is 5.56 Å². The topological polar surface area (TPSA) is 75.6 Å². The van der Waals surface area contributed by atoms with E-state index in [1.807, 2.05) is 6.92 Å². The highest BCUT2D eigenvalue weighted by atomic mass is 19.2. The lowest BCUT2D eigenvalue weighted by Crippen LogP contribution is -2.60. The van der Waals surface area contributed by atoms with E-state index in [0.717, 1.165) is 19.3 Å². The van der Waals surface area contributed by atoms with Crippen LogP contribution in [0.15, 0.2) is 0 Å². The van der Waals surface area contributed by atoms with E-state index in [1.54, 1.807) is 0 Å². The van der Waals surface area contributed by atoms with Gasteiger partial charge < -0.3 is 9.84 Å². The number of unbranched alkanes of at least 4 members (excludes halogenated alkanes) is 3. The summed E-state index contributed by atoms with van der Waals surface area (Å²) in [6.07, 6.45) is 2.31. The molecule has 0 radical (unpaired) electrons. The van der Waals surface area contributed by atoms with E-state index in [9.17, 15) is 32.3 Å². The number of carboxylic acid groups (broad SMARTS) is 1. The van der Waals surface area contributed by atoms with E-state index in [0.29, 0.717) is 6.42 Å². The van der Waals surface area contributed by atoms with E-state index in [-0.39, 0.29) is 6.54 Å². The minimum Gasteiger partial charge on any atom is -0.477 e. The maximum Gasteiger partial charge on any atom is 0.364 e. The molecule has 0 saturated heterocycles. The number of Topliss-reactive ketones (excluding diaryl/α,β-unsaturated/α-hetero) is 1. The molecule has 1 atom stereocenters. The van der Waals surface area contributed by atoms with Crippen molar-refractivity contribution in [3.63, 3.8) is 0 Å². The zero-order valence-electron chi connectivity index (χ0n) is 13.4. The highest BCUT2D eigenvalue weighted by Crippen LogP contribution is 2.38. The molecule has 0 amide bonds. The van der Waals surface area contributed by atoms with Crippen LogP contribution < -0.4 is 10.1 Å². The van der Waals surface area contributed by atoms with Crippen LogP contribution in [0.4, 0.5) is 17.6 Å². The molecule has 0 aromatic heterocycles. The monoisotopic (exact) mass is 363 g/mol. The Morgan fingerprint density at radius 1 is 1.12 bits per heavy atom. The van der Waals surface area contributed by atoms with Crippen LogP contribution in [0.5, 0.6) is 5.75 Å². The van der Waals surface area contributed by atoms with Gasteiger partial charge in [0.05, 0.1) is 6.42 Å². The molecule has 1 aromatic rings. The fraction of sp³-hybridized carbons (Fsp3) is 0.500. The predicted octanol–water partition coefficient (Wildman–Crippen LogP) is 3.16. The van der Waals surface area contributed by atoms with Crippen LogP contribution in [-0.4, -0.2) is 29.1 Å². The number of carboxylic acids is 1. The molecular formula is C16H17F4NO4.